The Hall–Kier alpha value is -4.59. The van der Waals surface area contributed by atoms with E-state index in [0.29, 0.717) is 5.75 Å². The maximum atomic E-state index is 12.9. The molecule has 0 aromatic heterocycles. The molecule has 8 nitrogen and oxygen atoms in total. The van der Waals surface area contributed by atoms with Gasteiger partial charge in [0.05, 0.1) is 7.11 Å². The van der Waals surface area contributed by atoms with Gasteiger partial charge in [-0.2, -0.15) is 0 Å². The van der Waals surface area contributed by atoms with E-state index < -0.39 is 24.1 Å². The maximum Gasteiger partial charge on any atom is 0.407 e. The molecule has 0 radical (unpaired) electrons. The molecule has 1 aliphatic carbocycles. The molecule has 0 unspecified atom stereocenters. The number of alkyl carbamates (subject to hydrolysis) is 1. The minimum absolute atomic E-state index is 0.00733. The van der Waals surface area contributed by atoms with Gasteiger partial charge < -0.3 is 24.3 Å². The standard InChI is InChI=1S/C31H31NO7/c1-3-18-37-29(33)17-16-28(30(34)38-19-21-12-14-22(36-2)15-13-21)32-31(35)39-20-27-25-10-6-4-8-23(25)24-9-5-7-11-26(24)27/h3-15,27-28H,1,16-20H2,2H3,(H,32,35)/t28-/m0/s1. The summed E-state index contributed by atoms with van der Waals surface area (Å²) in [7, 11) is 1.56. The van der Waals surface area contributed by atoms with Gasteiger partial charge in [-0.25, -0.2) is 9.59 Å². The van der Waals surface area contributed by atoms with E-state index in [9.17, 15) is 14.4 Å². The first-order chi connectivity index (χ1) is 19.0. The molecule has 1 atom stereocenters. The Morgan fingerprint density at radius 3 is 2.15 bits per heavy atom. The maximum absolute atomic E-state index is 12.9. The fourth-order valence-corrected chi connectivity index (χ4v) is 4.49. The number of methoxy groups -OCH3 is 1. The van der Waals surface area contributed by atoms with Crippen molar-refractivity contribution in [3.63, 3.8) is 0 Å². The van der Waals surface area contributed by atoms with Crippen LogP contribution >= 0.6 is 0 Å². The molecular formula is C31H31NO7. The molecule has 0 spiro atoms. The molecule has 1 N–H and O–H groups in total. The Labute approximate surface area is 227 Å². The van der Waals surface area contributed by atoms with E-state index in [4.69, 9.17) is 18.9 Å². The highest BCUT2D eigenvalue weighted by Gasteiger charge is 2.30. The number of carbonyl (C=O) groups excluding carboxylic acids is 3. The summed E-state index contributed by atoms with van der Waals surface area (Å²) in [5, 5.41) is 2.57. The topological polar surface area (TPSA) is 100 Å². The van der Waals surface area contributed by atoms with Gasteiger partial charge in [0.25, 0.3) is 0 Å². The van der Waals surface area contributed by atoms with E-state index >= 15 is 0 Å². The largest absolute Gasteiger partial charge is 0.497 e. The second-order valence-electron chi connectivity index (χ2n) is 8.99. The van der Waals surface area contributed by atoms with Crippen molar-refractivity contribution in [2.75, 3.05) is 20.3 Å². The van der Waals surface area contributed by atoms with Gasteiger partial charge >= 0.3 is 18.0 Å². The number of ether oxygens (including phenoxy) is 4. The fourth-order valence-electron chi connectivity index (χ4n) is 4.49. The minimum atomic E-state index is -1.10. The van der Waals surface area contributed by atoms with E-state index in [2.05, 4.69) is 24.0 Å². The molecule has 0 saturated carbocycles. The van der Waals surface area contributed by atoms with Gasteiger partial charge in [0.1, 0.15) is 31.6 Å². The molecular weight excluding hydrogens is 498 g/mol. The van der Waals surface area contributed by atoms with Crippen molar-refractivity contribution in [3.8, 4) is 16.9 Å². The second-order valence-corrected chi connectivity index (χ2v) is 8.99. The number of esters is 2. The fraction of sp³-hybridized carbons (Fsp3) is 0.258. The van der Waals surface area contributed by atoms with E-state index in [1.165, 1.54) is 6.08 Å². The van der Waals surface area contributed by atoms with Gasteiger partial charge in [-0.15, -0.1) is 0 Å². The second kappa shape index (κ2) is 13.3. The monoisotopic (exact) mass is 529 g/mol. The third-order valence-corrected chi connectivity index (χ3v) is 6.46. The third kappa shape index (κ3) is 7.04. The first-order valence-corrected chi connectivity index (χ1v) is 12.7. The number of hydrogen-bond donors (Lipinski definition) is 1. The van der Waals surface area contributed by atoms with Crippen LogP contribution in [0.2, 0.25) is 0 Å². The lowest BCUT2D eigenvalue weighted by Crippen LogP contribution is -2.42. The van der Waals surface area contributed by atoms with Gasteiger partial charge in [0.2, 0.25) is 0 Å². The van der Waals surface area contributed by atoms with Crippen LogP contribution in [-0.4, -0.2) is 44.4 Å². The molecule has 0 fully saturated rings. The van der Waals surface area contributed by atoms with E-state index in [1.807, 2.05) is 36.4 Å². The average molecular weight is 530 g/mol. The summed E-state index contributed by atoms with van der Waals surface area (Å²) in [6.07, 6.45) is 0.567. The highest BCUT2D eigenvalue weighted by atomic mass is 16.6. The third-order valence-electron chi connectivity index (χ3n) is 6.46. The molecule has 0 saturated heterocycles. The number of hydrogen-bond acceptors (Lipinski definition) is 7. The summed E-state index contributed by atoms with van der Waals surface area (Å²) in [5.74, 6) is -0.650. The Balaban J connectivity index is 1.38. The number of fused-ring (bicyclic) bond motifs is 3. The molecule has 0 bridgehead atoms. The molecule has 8 heteroatoms. The highest BCUT2D eigenvalue weighted by Crippen LogP contribution is 2.44. The summed E-state index contributed by atoms with van der Waals surface area (Å²) in [6, 6.07) is 22.0. The van der Waals surface area contributed by atoms with Crippen molar-refractivity contribution in [1.82, 2.24) is 5.32 Å². The summed E-state index contributed by atoms with van der Waals surface area (Å²) in [6.45, 7) is 3.65. The van der Waals surface area contributed by atoms with Crippen molar-refractivity contribution in [1.29, 1.82) is 0 Å². The lowest BCUT2D eigenvalue weighted by atomic mass is 9.98. The molecule has 3 aromatic carbocycles. The number of benzene rings is 3. The lowest BCUT2D eigenvalue weighted by Gasteiger charge is -2.19. The number of nitrogens with one attached hydrogen (secondary N) is 1. The van der Waals surface area contributed by atoms with Crippen LogP contribution in [-0.2, 0) is 30.4 Å². The van der Waals surface area contributed by atoms with Crippen LogP contribution in [0.4, 0.5) is 4.79 Å². The van der Waals surface area contributed by atoms with E-state index in [-0.39, 0.29) is 38.6 Å². The number of amides is 1. The minimum Gasteiger partial charge on any atom is -0.497 e. The molecule has 1 amide bonds. The van der Waals surface area contributed by atoms with Crippen LogP contribution in [0.25, 0.3) is 11.1 Å². The van der Waals surface area contributed by atoms with Crippen molar-refractivity contribution in [3.05, 3.63) is 102 Å². The Morgan fingerprint density at radius 2 is 1.54 bits per heavy atom. The quantitative estimate of drug-likeness (QED) is 0.197. The molecule has 1 aliphatic rings. The lowest BCUT2D eigenvalue weighted by molar-refractivity contribution is -0.148. The first kappa shape index (κ1) is 27.4. The first-order valence-electron chi connectivity index (χ1n) is 12.7. The summed E-state index contributed by atoms with van der Waals surface area (Å²) in [4.78, 5) is 37.7. The molecule has 4 rings (SSSR count). The summed E-state index contributed by atoms with van der Waals surface area (Å²) < 4.78 is 21.1. The zero-order valence-electron chi connectivity index (χ0n) is 21.8. The summed E-state index contributed by atoms with van der Waals surface area (Å²) >= 11 is 0. The number of carbonyl (C=O) groups is 3. The number of rotatable bonds is 12. The zero-order chi connectivity index (χ0) is 27.6. The van der Waals surface area contributed by atoms with Gasteiger partial charge in [-0.1, -0.05) is 73.3 Å². The molecule has 3 aromatic rings. The Morgan fingerprint density at radius 1 is 0.897 bits per heavy atom. The van der Waals surface area contributed by atoms with Crippen LogP contribution in [0.3, 0.4) is 0 Å². The van der Waals surface area contributed by atoms with Gasteiger partial charge in [-0.05, 0) is 46.4 Å². The van der Waals surface area contributed by atoms with Crippen LogP contribution in [0, 0.1) is 0 Å². The van der Waals surface area contributed by atoms with Crippen molar-refractivity contribution in [2.45, 2.75) is 31.4 Å². The smallest absolute Gasteiger partial charge is 0.407 e. The molecule has 0 aliphatic heterocycles. The van der Waals surface area contributed by atoms with Crippen LogP contribution in [0.5, 0.6) is 5.75 Å². The zero-order valence-corrected chi connectivity index (χ0v) is 21.8. The Bertz CT molecular complexity index is 1270. The van der Waals surface area contributed by atoms with Crippen molar-refractivity contribution in [2.24, 2.45) is 0 Å². The van der Waals surface area contributed by atoms with Crippen molar-refractivity contribution >= 4 is 18.0 Å². The van der Waals surface area contributed by atoms with Crippen molar-refractivity contribution < 1.29 is 33.3 Å². The molecule has 39 heavy (non-hydrogen) atoms. The average Bonchev–Trinajstić information content (AvgIpc) is 3.29. The Kier molecular flexibility index (Phi) is 9.34. The van der Waals surface area contributed by atoms with E-state index in [1.54, 1.807) is 31.4 Å². The van der Waals surface area contributed by atoms with Gasteiger partial charge in [-0.3, -0.25) is 4.79 Å². The van der Waals surface area contributed by atoms with Gasteiger partial charge in [0, 0.05) is 12.3 Å². The van der Waals surface area contributed by atoms with Crippen LogP contribution < -0.4 is 10.1 Å². The summed E-state index contributed by atoms with van der Waals surface area (Å²) in [5.41, 5.74) is 5.12. The normalized spacial score (nSPS) is 12.4. The SMILES string of the molecule is C=CCOC(=O)CC[C@H](NC(=O)OCC1c2ccccc2-c2ccccc21)C(=O)OCc1ccc(OC)cc1. The van der Waals surface area contributed by atoms with Crippen LogP contribution in [0.15, 0.2) is 85.5 Å². The molecule has 202 valence electrons. The van der Waals surface area contributed by atoms with Gasteiger partial charge in [0.15, 0.2) is 0 Å². The van der Waals surface area contributed by atoms with Crippen LogP contribution in [0.1, 0.15) is 35.4 Å². The highest BCUT2D eigenvalue weighted by molar-refractivity contribution is 5.82. The van der Waals surface area contributed by atoms with E-state index in [0.717, 1.165) is 27.8 Å². The predicted molar refractivity (Wildman–Crippen MR) is 145 cm³/mol. The predicted octanol–water partition coefficient (Wildman–Crippen LogP) is 5.16. The molecule has 0 heterocycles.